The van der Waals surface area contributed by atoms with Gasteiger partial charge in [-0.3, -0.25) is 4.79 Å². The Morgan fingerprint density at radius 3 is 2.69 bits per heavy atom. The summed E-state index contributed by atoms with van der Waals surface area (Å²) in [6, 6.07) is 13.1. The monoisotopic (exact) mass is 368 g/mol. The predicted octanol–water partition coefficient (Wildman–Crippen LogP) is 2.84. The van der Waals surface area contributed by atoms with Crippen molar-refractivity contribution in [2.24, 2.45) is 5.73 Å². The Balaban J connectivity index is 1.51. The van der Waals surface area contributed by atoms with Gasteiger partial charge in [0.15, 0.2) is 5.13 Å². The number of carbonyl (C=O) groups excluding carboxylic acids is 1. The molecule has 0 radical (unpaired) electrons. The molecule has 6 nitrogen and oxygen atoms in total. The molecule has 4 rings (SSSR count). The van der Waals surface area contributed by atoms with Gasteiger partial charge < -0.3 is 20.7 Å². The van der Waals surface area contributed by atoms with Crippen LogP contribution >= 0.6 is 11.3 Å². The average molecular weight is 368 g/mol. The fourth-order valence-corrected chi connectivity index (χ4v) is 3.93. The summed E-state index contributed by atoms with van der Waals surface area (Å²) in [5, 5.41) is 3.96. The van der Waals surface area contributed by atoms with Crippen LogP contribution in [0.1, 0.15) is 15.9 Å². The van der Waals surface area contributed by atoms with E-state index < -0.39 is 0 Å². The van der Waals surface area contributed by atoms with Crippen LogP contribution in [-0.2, 0) is 11.3 Å². The van der Waals surface area contributed by atoms with Crippen molar-refractivity contribution in [3.63, 3.8) is 0 Å². The van der Waals surface area contributed by atoms with Crippen LogP contribution in [0.3, 0.4) is 0 Å². The van der Waals surface area contributed by atoms with Gasteiger partial charge in [-0.2, -0.15) is 0 Å². The van der Waals surface area contributed by atoms with Gasteiger partial charge in [0.25, 0.3) is 5.91 Å². The maximum Gasteiger partial charge on any atom is 0.255 e. The quantitative estimate of drug-likeness (QED) is 0.740. The van der Waals surface area contributed by atoms with Crippen LogP contribution in [0, 0.1) is 0 Å². The molecule has 1 saturated heterocycles. The Morgan fingerprint density at radius 2 is 1.96 bits per heavy atom. The van der Waals surface area contributed by atoms with E-state index in [4.69, 9.17) is 15.5 Å². The minimum Gasteiger partial charge on any atom is -0.378 e. The maximum absolute atomic E-state index is 12.4. The Morgan fingerprint density at radius 1 is 1.19 bits per heavy atom. The number of amides is 1. The SMILES string of the molecule is NCc1ccc(C(=O)Nc2ccc3nc(N4CCOCC4)sc3c2)cc1. The zero-order valence-corrected chi connectivity index (χ0v) is 15.1. The third-order valence-corrected chi connectivity index (χ3v) is 5.45. The molecule has 0 atom stereocenters. The van der Waals surface area contributed by atoms with E-state index in [-0.39, 0.29) is 5.91 Å². The first kappa shape index (κ1) is 17.0. The molecule has 0 bridgehead atoms. The number of hydrogen-bond donors (Lipinski definition) is 2. The average Bonchev–Trinajstić information content (AvgIpc) is 3.12. The predicted molar refractivity (Wildman–Crippen MR) is 105 cm³/mol. The lowest BCUT2D eigenvalue weighted by Crippen LogP contribution is -2.36. The topological polar surface area (TPSA) is 80.5 Å². The number of anilines is 2. The molecule has 0 unspecified atom stereocenters. The van der Waals surface area contributed by atoms with Gasteiger partial charge in [0.2, 0.25) is 0 Å². The van der Waals surface area contributed by atoms with Gasteiger partial charge in [0, 0.05) is 30.9 Å². The van der Waals surface area contributed by atoms with Gasteiger partial charge in [-0.05, 0) is 35.9 Å². The van der Waals surface area contributed by atoms with Gasteiger partial charge in [0.05, 0.1) is 23.4 Å². The van der Waals surface area contributed by atoms with Crippen LogP contribution < -0.4 is 16.0 Å². The molecular weight excluding hydrogens is 348 g/mol. The van der Waals surface area contributed by atoms with Crippen LogP contribution in [-0.4, -0.2) is 37.2 Å². The lowest BCUT2D eigenvalue weighted by molar-refractivity contribution is 0.102. The van der Waals surface area contributed by atoms with Crippen molar-refractivity contribution in [1.29, 1.82) is 0 Å². The minimum atomic E-state index is -0.133. The lowest BCUT2D eigenvalue weighted by atomic mass is 10.1. The molecular formula is C19H20N4O2S. The number of benzene rings is 2. The van der Waals surface area contributed by atoms with E-state index >= 15 is 0 Å². The smallest absolute Gasteiger partial charge is 0.255 e. The van der Waals surface area contributed by atoms with Crippen molar-refractivity contribution in [3.05, 3.63) is 53.6 Å². The van der Waals surface area contributed by atoms with E-state index in [0.717, 1.165) is 52.9 Å². The fraction of sp³-hybridized carbons (Fsp3) is 0.263. The molecule has 3 aromatic rings. The second kappa shape index (κ2) is 7.41. The molecule has 1 amide bonds. The number of carbonyl (C=O) groups is 1. The number of fused-ring (bicyclic) bond motifs is 1. The third kappa shape index (κ3) is 3.55. The summed E-state index contributed by atoms with van der Waals surface area (Å²) in [4.78, 5) is 19.4. The van der Waals surface area contributed by atoms with Gasteiger partial charge in [-0.1, -0.05) is 23.5 Å². The van der Waals surface area contributed by atoms with E-state index in [0.29, 0.717) is 12.1 Å². The van der Waals surface area contributed by atoms with Crippen molar-refractivity contribution < 1.29 is 9.53 Å². The number of ether oxygens (including phenoxy) is 1. The molecule has 7 heteroatoms. The summed E-state index contributed by atoms with van der Waals surface area (Å²) in [6.45, 7) is 3.67. The summed E-state index contributed by atoms with van der Waals surface area (Å²) in [5.74, 6) is -0.133. The molecule has 1 aromatic heterocycles. The maximum atomic E-state index is 12.4. The highest BCUT2D eigenvalue weighted by molar-refractivity contribution is 7.22. The van der Waals surface area contributed by atoms with Crippen molar-refractivity contribution in [1.82, 2.24) is 4.98 Å². The highest BCUT2D eigenvalue weighted by atomic mass is 32.1. The molecule has 0 aliphatic carbocycles. The number of nitrogens with zero attached hydrogens (tertiary/aromatic N) is 2. The number of rotatable bonds is 4. The number of nitrogens with one attached hydrogen (secondary N) is 1. The Labute approximate surface area is 155 Å². The first-order valence-corrected chi connectivity index (χ1v) is 9.38. The number of nitrogens with two attached hydrogens (primary N) is 1. The van der Waals surface area contributed by atoms with Crippen molar-refractivity contribution in [2.45, 2.75) is 6.54 Å². The summed E-state index contributed by atoms with van der Waals surface area (Å²) >= 11 is 1.64. The number of aromatic nitrogens is 1. The van der Waals surface area contributed by atoms with Crippen LogP contribution in [0.25, 0.3) is 10.2 Å². The van der Waals surface area contributed by atoms with E-state index in [1.165, 1.54) is 0 Å². The molecule has 1 aliphatic rings. The Hall–Kier alpha value is -2.48. The summed E-state index contributed by atoms with van der Waals surface area (Å²) in [5.41, 5.74) is 8.92. The summed E-state index contributed by atoms with van der Waals surface area (Å²) in [6.07, 6.45) is 0. The van der Waals surface area contributed by atoms with Crippen molar-refractivity contribution in [2.75, 3.05) is 36.5 Å². The van der Waals surface area contributed by atoms with Crippen molar-refractivity contribution in [3.8, 4) is 0 Å². The third-order valence-electron chi connectivity index (χ3n) is 4.37. The number of thiazole rings is 1. The highest BCUT2D eigenvalue weighted by Crippen LogP contribution is 2.31. The first-order valence-electron chi connectivity index (χ1n) is 8.56. The van der Waals surface area contributed by atoms with E-state index in [1.807, 2.05) is 30.3 Å². The Bertz CT molecular complexity index is 917. The van der Waals surface area contributed by atoms with Crippen LogP contribution in [0.2, 0.25) is 0 Å². The van der Waals surface area contributed by atoms with Gasteiger partial charge in [0.1, 0.15) is 0 Å². The van der Waals surface area contributed by atoms with Gasteiger partial charge in [-0.25, -0.2) is 4.98 Å². The van der Waals surface area contributed by atoms with E-state index in [1.54, 1.807) is 23.5 Å². The minimum absolute atomic E-state index is 0.133. The van der Waals surface area contributed by atoms with Gasteiger partial charge >= 0.3 is 0 Å². The molecule has 0 saturated carbocycles. The Kier molecular flexibility index (Phi) is 4.83. The fourth-order valence-electron chi connectivity index (χ4n) is 2.88. The number of hydrogen-bond acceptors (Lipinski definition) is 6. The molecule has 3 N–H and O–H groups in total. The molecule has 134 valence electrons. The van der Waals surface area contributed by atoms with Crippen molar-refractivity contribution >= 4 is 38.3 Å². The van der Waals surface area contributed by atoms with Gasteiger partial charge in [-0.15, -0.1) is 0 Å². The van der Waals surface area contributed by atoms with Crippen LogP contribution in [0.5, 0.6) is 0 Å². The molecule has 1 fully saturated rings. The molecule has 1 aliphatic heterocycles. The zero-order valence-electron chi connectivity index (χ0n) is 14.3. The molecule has 26 heavy (non-hydrogen) atoms. The molecule has 2 heterocycles. The zero-order chi connectivity index (χ0) is 17.9. The summed E-state index contributed by atoms with van der Waals surface area (Å²) in [7, 11) is 0. The molecule has 2 aromatic carbocycles. The number of morpholine rings is 1. The molecule has 0 spiro atoms. The second-order valence-electron chi connectivity index (χ2n) is 6.13. The first-order chi connectivity index (χ1) is 12.7. The largest absolute Gasteiger partial charge is 0.378 e. The normalized spacial score (nSPS) is 14.6. The summed E-state index contributed by atoms with van der Waals surface area (Å²) < 4.78 is 6.45. The lowest BCUT2D eigenvalue weighted by Gasteiger charge is -2.25. The van der Waals surface area contributed by atoms with Crippen LogP contribution in [0.15, 0.2) is 42.5 Å². The standard InChI is InChI=1S/C19H20N4O2S/c20-12-13-1-3-14(4-2-13)18(24)21-15-5-6-16-17(11-15)26-19(22-16)23-7-9-25-10-8-23/h1-6,11H,7-10,12,20H2,(H,21,24). The van der Waals surface area contributed by atoms with E-state index in [9.17, 15) is 4.79 Å². The second-order valence-corrected chi connectivity index (χ2v) is 7.14. The van der Waals surface area contributed by atoms with E-state index in [2.05, 4.69) is 10.2 Å². The van der Waals surface area contributed by atoms with Crippen LogP contribution in [0.4, 0.5) is 10.8 Å². The highest BCUT2D eigenvalue weighted by Gasteiger charge is 2.16.